The van der Waals surface area contributed by atoms with Crippen LogP contribution in [0.5, 0.6) is 5.75 Å². The van der Waals surface area contributed by atoms with Gasteiger partial charge in [-0.25, -0.2) is 4.79 Å². The third kappa shape index (κ3) is 4.73. The van der Waals surface area contributed by atoms with Crippen LogP contribution in [-0.4, -0.2) is 44.0 Å². The van der Waals surface area contributed by atoms with Crippen LogP contribution in [0.15, 0.2) is 60.2 Å². The number of methoxy groups -OCH3 is 1. The van der Waals surface area contributed by atoms with E-state index in [2.05, 4.69) is 44.0 Å². The van der Waals surface area contributed by atoms with E-state index in [9.17, 15) is 9.90 Å². The van der Waals surface area contributed by atoms with Crippen LogP contribution in [0.25, 0.3) is 0 Å². The van der Waals surface area contributed by atoms with Gasteiger partial charge in [0.2, 0.25) is 0 Å². The molecule has 34 heavy (non-hydrogen) atoms. The normalized spacial score (nSPS) is 33.5. The lowest BCUT2D eigenvalue weighted by atomic mass is 9.46. The molecule has 0 unspecified atom stereocenters. The molecule has 0 spiro atoms. The number of allylic oxidation sites excluding steroid dienone is 2. The first kappa shape index (κ1) is 24.7. The maximum atomic E-state index is 11.9. The van der Waals surface area contributed by atoms with Crippen molar-refractivity contribution in [2.24, 2.45) is 22.7 Å². The summed E-state index contributed by atoms with van der Waals surface area (Å²) >= 11 is 0. The monoisotopic (exact) mass is 465 g/mol. The molecule has 0 saturated heterocycles. The van der Waals surface area contributed by atoms with Gasteiger partial charge in [-0.3, -0.25) is 0 Å². The first-order chi connectivity index (χ1) is 16.3. The molecule has 1 aliphatic heterocycles. The Kier molecular flexibility index (Phi) is 7.34. The molecule has 5 nitrogen and oxygen atoms in total. The summed E-state index contributed by atoms with van der Waals surface area (Å²) in [6, 6.07) is 8.19. The lowest BCUT2D eigenvalue weighted by Crippen LogP contribution is -2.59. The number of aliphatic hydroxyl groups excluding tert-OH is 1. The summed E-state index contributed by atoms with van der Waals surface area (Å²) in [5.41, 5.74) is 2.88. The maximum Gasteiger partial charge on any atom is 0.338 e. The molecule has 1 aromatic rings. The van der Waals surface area contributed by atoms with Gasteiger partial charge in [0, 0.05) is 17.9 Å². The molecule has 0 aromatic heterocycles. The molecule has 2 N–H and O–H groups in total. The summed E-state index contributed by atoms with van der Waals surface area (Å²) in [7, 11) is 1.69. The number of esters is 1. The van der Waals surface area contributed by atoms with E-state index in [-0.39, 0.29) is 28.8 Å². The molecule has 0 amide bonds. The first-order valence-corrected chi connectivity index (χ1v) is 12.5. The van der Waals surface area contributed by atoms with Gasteiger partial charge in [0.25, 0.3) is 0 Å². The van der Waals surface area contributed by atoms with Gasteiger partial charge in [0.15, 0.2) is 0 Å². The number of ether oxygens (including phenoxy) is 2. The van der Waals surface area contributed by atoms with Gasteiger partial charge in [0.05, 0.1) is 18.8 Å². The van der Waals surface area contributed by atoms with Crippen LogP contribution in [0.3, 0.4) is 0 Å². The fraction of sp³-hybridized carbons (Fsp3) is 0.552. The smallest absolute Gasteiger partial charge is 0.338 e. The van der Waals surface area contributed by atoms with E-state index in [1.807, 2.05) is 24.3 Å². The highest BCUT2D eigenvalue weighted by Crippen LogP contribution is 2.61. The third-order valence-electron chi connectivity index (χ3n) is 8.67. The second-order valence-corrected chi connectivity index (χ2v) is 10.7. The summed E-state index contributed by atoms with van der Waals surface area (Å²) in [5.74, 6) is 1.18. The molecular formula is C29H39NO4. The van der Waals surface area contributed by atoms with Gasteiger partial charge >= 0.3 is 5.97 Å². The highest BCUT2D eigenvalue weighted by atomic mass is 16.5. The largest absolute Gasteiger partial charge is 0.497 e. The Hall–Kier alpha value is -2.37. The average Bonchev–Trinajstić information content (AvgIpc) is 3.24. The number of carbonyl (C=O) groups excluding carboxylic acids is 1. The Morgan fingerprint density at radius 1 is 1.32 bits per heavy atom. The van der Waals surface area contributed by atoms with E-state index in [0.29, 0.717) is 18.1 Å². The molecule has 5 heteroatoms. The molecule has 2 fully saturated rings. The molecule has 5 atom stereocenters. The number of aliphatic hydroxyl groups is 1. The Morgan fingerprint density at radius 3 is 2.88 bits per heavy atom. The number of cyclic esters (lactones) is 1. The van der Waals surface area contributed by atoms with Crippen molar-refractivity contribution in [1.82, 2.24) is 5.32 Å². The third-order valence-corrected chi connectivity index (χ3v) is 8.67. The Bertz CT molecular complexity index is 982. The first-order valence-electron chi connectivity index (χ1n) is 12.5. The number of hydrogen-bond donors (Lipinski definition) is 2. The summed E-state index contributed by atoms with van der Waals surface area (Å²) in [6.07, 6.45) is 10.2. The van der Waals surface area contributed by atoms with Crippen LogP contribution in [0.2, 0.25) is 0 Å². The molecule has 3 aliphatic rings. The molecule has 4 rings (SSSR count). The predicted octanol–water partition coefficient (Wildman–Crippen LogP) is 4.62. The van der Waals surface area contributed by atoms with Gasteiger partial charge in [-0.1, -0.05) is 50.3 Å². The summed E-state index contributed by atoms with van der Waals surface area (Å²) in [6.45, 7) is 11.0. The van der Waals surface area contributed by atoms with Gasteiger partial charge < -0.3 is 19.9 Å². The van der Waals surface area contributed by atoms with Gasteiger partial charge in [-0.2, -0.15) is 0 Å². The van der Waals surface area contributed by atoms with Crippen molar-refractivity contribution in [3.8, 4) is 5.75 Å². The highest BCUT2D eigenvalue weighted by Gasteiger charge is 2.57. The zero-order chi connectivity index (χ0) is 24.3. The van der Waals surface area contributed by atoms with E-state index < -0.39 is 0 Å². The van der Waals surface area contributed by atoms with E-state index in [1.165, 1.54) is 11.1 Å². The number of nitrogens with one attached hydrogen (secondary N) is 1. The number of fused-ring (bicyclic) bond motifs is 1. The Balaban J connectivity index is 1.46. The fourth-order valence-corrected chi connectivity index (χ4v) is 6.65. The van der Waals surface area contributed by atoms with E-state index in [1.54, 1.807) is 7.11 Å². The second-order valence-electron chi connectivity index (χ2n) is 10.7. The van der Waals surface area contributed by atoms with Crippen molar-refractivity contribution in [2.45, 2.75) is 52.1 Å². The van der Waals surface area contributed by atoms with Crippen molar-refractivity contribution in [3.63, 3.8) is 0 Å². The van der Waals surface area contributed by atoms with Gasteiger partial charge in [-0.15, -0.1) is 0 Å². The SMILES string of the molecule is C=C1CC[C@@H]2[C@](C)(CNCCc3cccc(OC)c3)[C@H](O)CC[C@@]2(C)[C@@H]1/C=C/C1=CCOC1=O. The van der Waals surface area contributed by atoms with Crippen LogP contribution < -0.4 is 10.1 Å². The number of hydrogen-bond acceptors (Lipinski definition) is 5. The average molecular weight is 466 g/mol. The van der Waals surface area contributed by atoms with E-state index >= 15 is 0 Å². The van der Waals surface area contributed by atoms with Gasteiger partial charge in [-0.05, 0) is 73.8 Å². The van der Waals surface area contributed by atoms with Crippen molar-refractivity contribution in [3.05, 3.63) is 65.8 Å². The number of rotatable bonds is 8. The summed E-state index contributed by atoms with van der Waals surface area (Å²) in [5, 5.41) is 14.8. The van der Waals surface area contributed by atoms with Crippen LogP contribution in [0.1, 0.15) is 45.1 Å². The van der Waals surface area contributed by atoms with E-state index in [0.717, 1.165) is 50.9 Å². The van der Waals surface area contributed by atoms with E-state index in [4.69, 9.17) is 9.47 Å². The van der Waals surface area contributed by atoms with Crippen LogP contribution >= 0.6 is 0 Å². The van der Waals surface area contributed by atoms with Crippen LogP contribution in [0.4, 0.5) is 0 Å². The molecule has 2 aliphatic carbocycles. The Morgan fingerprint density at radius 2 is 2.15 bits per heavy atom. The second kappa shape index (κ2) is 10.1. The molecule has 0 bridgehead atoms. The molecule has 1 aromatic carbocycles. The van der Waals surface area contributed by atoms with Crippen molar-refractivity contribution < 1.29 is 19.4 Å². The molecule has 1 heterocycles. The Labute approximate surface area is 203 Å². The topological polar surface area (TPSA) is 67.8 Å². The predicted molar refractivity (Wildman–Crippen MR) is 135 cm³/mol. The zero-order valence-electron chi connectivity index (χ0n) is 20.8. The lowest BCUT2D eigenvalue weighted by Gasteiger charge is -2.60. The minimum atomic E-state index is -0.335. The molecular weight excluding hydrogens is 426 g/mol. The van der Waals surface area contributed by atoms with Crippen molar-refractivity contribution >= 4 is 5.97 Å². The summed E-state index contributed by atoms with van der Waals surface area (Å²) in [4.78, 5) is 11.9. The number of benzene rings is 1. The van der Waals surface area contributed by atoms with Crippen LogP contribution in [-0.2, 0) is 16.0 Å². The maximum absolute atomic E-state index is 11.9. The van der Waals surface area contributed by atoms with Gasteiger partial charge in [0.1, 0.15) is 12.4 Å². The number of carbonyl (C=O) groups is 1. The fourth-order valence-electron chi connectivity index (χ4n) is 6.65. The van der Waals surface area contributed by atoms with Crippen molar-refractivity contribution in [2.75, 3.05) is 26.8 Å². The molecule has 0 radical (unpaired) electrons. The standard InChI is InChI=1S/C29H39NO4/c1-20-8-11-25-28(2,24(20)10-9-22-14-17-34-27(22)32)15-12-26(31)29(25,3)19-30-16-13-21-6-5-7-23(18-21)33-4/h5-7,9-10,14,18,24-26,30-31H,1,8,11-13,15-17,19H2,2-4H3/b10-9+/t24-,25+,26-,28+,29+/m1/s1. The minimum absolute atomic E-state index is 0.00262. The quantitative estimate of drug-likeness (QED) is 0.333. The van der Waals surface area contributed by atoms with Crippen molar-refractivity contribution in [1.29, 1.82) is 0 Å². The minimum Gasteiger partial charge on any atom is -0.497 e. The summed E-state index contributed by atoms with van der Waals surface area (Å²) < 4.78 is 10.4. The molecule has 184 valence electrons. The highest BCUT2D eigenvalue weighted by molar-refractivity contribution is 5.93. The molecule has 2 saturated carbocycles. The lowest BCUT2D eigenvalue weighted by molar-refractivity contribution is -0.135. The zero-order valence-corrected chi connectivity index (χ0v) is 20.8. The van der Waals surface area contributed by atoms with Crippen LogP contribution in [0, 0.1) is 22.7 Å².